The highest BCUT2D eigenvalue weighted by molar-refractivity contribution is 5.90. The highest BCUT2D eigenvalue weighted by Crippen LogP contribution is 2.31. The standard InChI is InChI=1S/C15H18O3/c1-10(12-6-4-3-5-7-12)8-13-9-11(2)14(16)18-15(13)17/h3-7,10-11,13H,8-9H2,1-2H3. The highest BCUT2D eigenvalue weighted by Gasteiger charge is 2.35. The van der Waals surface area contributed by atoms with Crippen LogP contribution in [0.3, 0.4) is 0 Å². The summed E-state index contributed by atoms with van der Waals surface area (Å²) in [4.78, 5) is 22.9. The Morgan fingerprint density at radius 1 is 1.22 bits per heavy atom. The van der Waals surface area contributed by atoms with Crippen molar-refractivity contribution < 1.29 is 14.3 Å². The topological polar surface area (TPSA) is 43.4 Å². The van der Waals surface area contributed by atoms with Gasteiger partial charge in [-0.1, -0.05) is 44.2 Å². The predicted octanol–water partition coefficient (Wildman–Crippen LogP) is 2.91. The first-order valence-electron chi connectivity index (χ1n) is 6.38. The molecule has 0 aromatic heterocycles. The van der Waals surface area contributed by atoms with Crippen molar-refractivity contribution in [2.75, 3.05) is 0 Å². The first-order valence-corrected chi connectivity index (χ1v) is 6.38. The van der Waals surface area contributed by atoms with Crippen LogP contribution in [0.15, 0.2) is 30.3 Å². The lowest BCUT2D eigenvalue weighted by atomic mass is 9.84. The number of hydrogen-bond acceptors (Lipinski definition) is 3. The number of rotatable bonds is 3. The third kappa shape index (κ3) is 2.78. The number of carbonyl (C=O) groups is 2. The molecule has 1 aromatic carbocycles. The Bertz CT molecular complexity index is 438. The maximum absolute atomic E-state index is 11.7. The van der Waals surface area contributed by atoms with Crippen molar-refractivity contribution in [1.29, 1.82) is 0 Å². The normalized spacial score (nSPS) is 25.7. The Morgan fingerprint density at radius 2 is 1.89 bits per heavy atom. The van der Waals surface area contributed by atoms with Gasteiger partial charge < -0.3 is 4.74 Å². The fraction of sp³-hybridized carbons (Fsp3) is 0.467. The lowest BCUT2D eigenvalue weighted by molar-refractivity contribution is -0.171. The third-order valence-corrected chi connectivity index (χ3v) is 3.58. The minimum Gasteiger partial charge on any atom is -0.393 e. The quantitative estimate of drug-likeness (QED) is 0.608. The van der Waals surface area contributed by atoms with Crippen LogP contribution in [0, 0.1) is 11.8 Å². The van der Waals surface area contributed by atoms with Crippen molar-refractivity contribution in [3.8, 4) is 0 Å². The molecule has 3 atom stereocenters. The van der Waals surface area contributed by atoms with Gasteiger partial charge in [0.1, 0.15) is 0 Å². The van der Waals surface area contributed by atoms with Crippen LogP contribution in [0.2, 0.25) is 0 Å². The van der Waals surface area contributed by atoms with Gasteiger partial charge in [-0.3, -0.25) is 9.59 Å². The zero-order valence-corrected chi connectivity index (χ0v) is 10.8. The van der Waals surface area contributed by atoms with Gasteiger partial charge in [-0.05, 0) is 24.3 Å². The molecule has 3 nitrogen and oxygen atoms in total. The average molecular weight is 246 g/mol. The van der Waals surface area contributed by atoms with Crippen LogP contribution in [0.1, 0.15) is 38.2 Å². The first kappa shape index (κ1) is 12.8. The minimum absolute atomic E-state index is 0.159. The molecule has 3 heteroatoms. The van der Waals surface area contributed by atoms with Gasteiger partial charge in [-0.2, -0.15) is 0 Å². The van der Waals surface area contributed by atoms with Gasteiger partial charge in [0, 0.05) is 0 Å². The largest absolute Gasteiger partial charge is 0.393 e. The van der Waals surface area contributed by atoms with E-state index in [0.717, 1.165) is 6.42 Å². The summed E-state index contributed by atoms with van der Waals surface area (Å²) >= 11 is 0. The summed E-state index contributed by atoms with van der Waals surface area (Å²) in [7, 11) is 0. The third-order valence-electron chi connectivity index (χ3n) is 3.58. The first-order chi connectivity index (χ1) is 8.58. The molecule has 2 rings (SSSR count). The van der Waals surface area contributed by atoms with E-state index in [4.69, 9.17) is 4.74 Å². The number of carbonyl (C=O) groups excluding carboxylic acids is 2. The van der Waals surface area contributed by atoms with Gasteiger partial charge in [0.05, 0.1) is 11.8 Å². The fourth-order valence-corrected chi connectivity index (χ4v) is 2.44. The Morgan fingerprint density at radius 3 is 2.56 bits per heavy atom. The number of ether oxygens (including phenoxy) is 1. The molecule has 0 amide bonds. The van der Waals surface area contributed by atoms with Crippen LogP contribution in [-0.4, -0.2) is 11.9 Å². The van der Waals surface area contributed by atoms with E-state index in [1.54, 1.807) is 0 Å². The Balaban J connectivity index is 2.01. The Labute approximate surface area is 107 Å². The van der Waals surface area contributed by atoms with Crippen LogP contribution in [-0.2, 0) is 14.3 Å². The van der Waals surface area contributed by atoms with Crippen LogP contribution in [0.5, 0.6) is 0 Å². The van der Waals surface area contributed by atoms with E-state index in [9.17, 15) is 9.59 Å². The number of benzene rings is 1. The van der Waals surface area contributed by atoms with Crippen LogP contribution >= 0.6 is 0 Å². The zero-order valence-electron chi connectivity index (χ0n) is 10.8. The second-order valence-corrected chi connectivity index (χ2v) is 5.12. The SMILES string of the molecule is CC1CC(CC(C)c2ccccc2)C(=O)OC1=O. The maximum atomic E-state index is 11.7. The highest BCUT2D eigenvalue weighted by atomic mass is 16.6. The average Bonchev–Trinajstić information content (AvgIpc) is 2.37. The van der Waals surface area contributed by atoms with Gasteiger partial charge in [-0.25, -0.2) is 0 Å². The fourth-order valence-electron chi connectivity index (χ4n) is 2.44. The van der Waals surface area contributed by atoms with E-state index in [2.05, 4.69) is 19.1 Å². The van der Waals surface area contributed by atoms with Gasteiger partial charge in [0.2, 0.25) is 0 Å². The zero-order chi connectivity index (χ0) is 13.1. The number of esters is 2. The monoisotopic (exact) mass is 246 g/mol. The summed E-state index contributed by atoms with van der Waals surface area (Å²) in [6, 6.07) is 10.1. The molecule has 1 fully saturated rings. The molecule has 1 aromatic rings. The molecular weight excluding hydrogens is 228 g/mol. The van der Waals surface area contributed by atoms with E-state index in [1.165, 1.54) is 5.56 Å². The molecule has 0 saturated carbocycles. The molecule has 3 unspecified atom stereocenters. The molecule has 96 valence electrons. The number of cyclic esters (lactones) is 2. The van der Waals surface area contributed by atoms with E-state index in [-0.39, 0.29) is 23.8 Å². The molecule has 1 aliphatic rings. The van der Waals surface area contributed by atoms with Gasteiger partial charge in [0.15, 0.2) is 0 Å². The summed E-state index contributed by atoms with van der Waals surface area (Å²) in [5, 5.41) is 0. The van der Waals surface area contributed by atoms with E-state index < -0.39 is 0 Å². The molecule has 1 heterocycles. The molecule has 0 spiro atoms. The van der Waals surface area contributed by atoms with E-state index in [0.29, 0.717) is 12.3 Å². The molecule has 0 bridgehead atoms. The maximum Gasteiger partial charge on any atom is 0.316 e. The molecule has 1 saturated heterocycles. The molecule has 18 heavy (non-hydrogen) atoms. The summed E-state index contributed by atoms with van der Waals surface area (Å²) in [5.41, 5.74) is 1.22. The van der Waals surface area contributed by atoms with Crippen LogP contribution in [0.25, 0.3) is 0 Å². The van der Waals surface area contributed by atoms with Crippen molar-refractivity contribution in [2.45, 2.75) is 32.6 Å². The summed E-state index contributed by atoms with van der Waals surface area (Å²) in [5.74, 6) is -0.780. The molecule has 0 aliphatic carbocycles. The predicted molar refractivity (Wildman–Crippen MR) is 67.8 cm³/mol. The van der Waals surface area contributed by atoms with Gasteiger partial charge in [0.25, 0.3) is 0 Å². The second-order valence-electron chi connectivity index (χ2n) is 5.12. The molecule has 0 radical (unpaired) electrons. The van der Waals surface area contributed by atoms with E-state index >= 15 is 0 Å². The summed E-state index contributed by atoms with van der Waals surface area (Å²) < 4.78 is 4.77. The van der Waals surface area contributed by atoms with Crippen molar-refractivity contribution in [2.24, 2.45) is 11.8 Å². The molecule has 1 aliphatic heterocycles. The van der Waals surface area contributed by atoms with Gasteiger partial charge >= 0.3 is 11.9 Å². The van der Waals surface area contributed by atoms with Crippen molar-refractivity contribution in [3.63, 3.8) is 0 Å². The lowest BCUT2D eigenvalue weighted by Crippen LogP contribution is -2.34. The lowest BCUT2D eigenvalue weighted by Gasteiger charge is -2.26. The Kier molecular flexibility index (Phi) is 3.80. The molecular formula is C15H18O3. The Hall–Kier alpha value is -1.64. The van der Waals surface area contributed by atoms with Crippen LogP contribution < -0.4 is 0 Å². The van der Waals surface area contributed by atoms with Crippen LogP contribution in [0.4, 0.5) is 0 Å². The summed E-state index contributed by atoms with van der Waals surface area (Å²) in [6.45, 7) is 3.92. The van der Waals surface area contributed by atoms with Crippen molar-refractivity contribution in [1.82, 2.24) is 0 Å². The second kappa shape index (κ2) is 5.34. The smallest absolute Gasteiger partial charge is 0.316 e. The van der Waals surface area contributed by atoms with E-state index in [1.807, 2.05) is 25.1 Å². The van der Waals surface area contributed by atoms with Gasteiger partial charge in [-0.15, -0.1) is 0 Å². The minimum atomic E-state index is -0.386. The van der Waals surface area contributed by atoms with Crippen molar-refractivity contribution >= 4 is 11.9 Å². The summed E-state index contributed by atoms with van der Waals surface area (Å²) in [6.07, 6.45) is 1.34. The van der Waals surface area contributed by atoms with Crippen molar-refractivity contribution in [3.05, 3.63) is 35.9 Å². The number of hydrogen-bond donors (Lipinski definition) is 0. The molecule has 0 N–H and O–H groups in total.